The molecular weight excluding hydrogens is 351 g/mol. The number of phenols is 1. The topological polar surface area (TPSA) is 70.9 Å². The first kappa shape index (κ1) is 18.1. The Kier molecular flexibility index (Phi) is 6.06. The minimum Gasteiger partial charge on any atom is -0.508 e. The lowest BCUT2D eigenvalue weighted by Crippen LogP contribution is -2.34. The van der Waals surface area contributed by atoms with E-state index in [0.717, 1.165) is 5.56 Å². The van der Waals surface area contributed by atoms with E-state index < -0.39 is 12.0 Å². The maximum atomic E-state index is 12.1. The van der Waals surface area contributed by atoms with Crippen molar-refractivity contribution in [2.24, 2.45) is 5.10 Å². The van der Waals surface area contributed by atoms with Crippen LogP contribution in [0.25, 0.3) is 0 Å². The van der Waals surface area contributed by atoms with Gasteiger partial charge in [0, 0.05) is 5.02 Å². The van der Waals surface area contributed by atoms with Crippen molar-refractivity contribution >= 4 is 34.8 Å². The molecule has 0 radical (unpaired) electrons. The van der Waals surface area contributed by atoms with Gasteiger partial charge in [0.1, 0.15) is 11.5 Å². The van der Waals surface area contributed by atoms with Crippen LogP contribution in [-0.2, 0) is 4.79 Å². The van der Waals surface area contributed by atoms with Crippen molar-refractivity contribution in [3.05, 3.63) is 58.1 Å². The van der Waals surface area contributed by atoms with Crippen molar-refractivity contribution in [1.82, 2.24) is 5.43 Å². The quantitative estimate of drug-likeness (QED) is 0.620. The molecule has 0 aliphatic carbocycles. The minimum absolute atomic E-state index is 0.164. The highest BCUT2D eigenvalue weighted by Gasteiger charge is 2.16. The second-order valence-corrected chi connectivity index (χ2v) is 5.90. The molecule has 1 unspecified atom stereocenters. The van der Waals surface area contributed by atoms with Crippen molar-refractivity contribution in [2.45, 2.75) is 20.0 Å². The summed E-state index contributed by atoms with van der Waals surface area (Å²) in [6.45, 7) is 3.33. The van der Waals surface area contributed by atoms with Crippen LogP contribution in [0.15, 0.2) is 47.6 Å². The Morgan fingerprint density at radius 3 is 2.50 bits per heavy atom. The Hall–Kier alpha value is -2.24. The number of hydrazone groups is 1. The number of ether oxygens (including phenoxy) is 1. The highest BCUT2D eigenvalue weighted by Crippen LogP contribution is 2.28. The van der Waals surface area contributed by atoms with E-state index in [9.17, 15) is 9.90 Å². The first-order valence-corrected chi connectivity index (χ1v) is 7.87. The van der Waals surface area contributed by atoms with Crippen molar-refractivity contribution < 1.29 is 14.6 Å². The van der Waals surface area contributed by atoms with Gasteiger partial charge in [-0.2, -0.15) is 5.10 Å². The van der Waals surface area contributed by atoms with Crippen LogP contribution in [0.5, 0.6) is 11.5 Å². The Balaban J connectivity index is 1.98. The van der Waals surface area contributed by atoms with Gasteiger partial charge in [-0.05, 0) is 61.9 Å². The molecule has 0 saturated heterocycles. The zero-order valence-electron chi connectivity index (χ0n) is 13.1. The molecule has 5 nitrogen and oxygen atoms in total. The Labute approximate surface area is 149 Å². The number of carbonyl (C=O) groups excluding carboxylic acids is 1. The summed E-state index contributed by atoms with van der Waals surface area (Å²) in [6, 6.07) is 11.3. The highest BCUT2D eigenvalue weighted by molar-refractivity contribution is 6.35. The number of aromatic hydroxyl groups is 1. The third-order valence-electron chi connectivity index (χ3n) is 3.19. The molecule has 0 aromatic heterocycles. The molecule has 2 aromatic rings. The van der Waals surface area contributed by atoms with E-state index in [2.05, 4.69) is 10.5 Å². The van der Waals surface area contributed by atoms with Crippen LogP contribution in [0.3, 0.4) is 0 Å². The van der Waals surface area contributed by atoms with Crippen LogP contribution < -0.4 is 10.2 Å². The second kappa shape index (κ2) is 8.04. The van der Waals surface area contributed by atoms with E-state index in [0.29, 0.717) is 21.5 Å². The van der Waals surface area contributed by atoms with Crippen molar-refractivity contribution in [3.8, 4) is 11.5 Å². The average molecular weight is 367 g/mol. The number of nitrogens with zero attached hydrogens (tertiary/aromatic N) is 1. The van der Waals surface area contributed by atoms with Crippen LogP contribution >= 0.6 is 23.2 Å². The number of hydrogen-bond acceptors (Lipinski definition) is 4. The summed E-state index contributed by atoms with van der Waals surface area (Å²) in [6.07, 6.45) is -0.792. The van der Waals surface area contributed by atoms with E-state index in [4.69, 9.17) is 27.9 Å². The van der Waals surface area contributed by atoms with E-state index in [1.54, 1.807) is 50.2 Å². The van der Waals surface area contributed by atoms with Gasteiger partial charge in [-0.3, -0.25) is 4.79 Å². The summed E-state index contributed by atoms with van der Waals surface area (Å²) in [7, 11) is 0. The maximum Gasteiger partial charge on any atom is 0.280 e. The fraction of sp³-hybridized carbons (Fsp3) is 0.176. The van der Waals surface area contributed by atoms with E-state index in [-0.39, 0.29) is 5.75 Å². The molecule has 2 rings (SSSR count). The fourth-order valence-corrected chi connectivity index (χ4v) is 2.26. The van der Waals surface area contributed by atoms with Gasteiger partial charge >= 0.3 is 0 Å². The first-order valence-electron chi connectivity index (χ1n) is 7.12. The number of carbonyl (C=O) groups is 1. The minimum atomic E-state index is -0.792. The Bertz CT molecular complexity index is 761. The van der Waals surface area contributed by atoms with Crippen molar-refractivity contribution in [3.63, 3.8) is 0 Å². The number of nitrogens with one attached hydrogen (secondary N) is 1. The molecule has 7 heteroatoms. The summed E-state index contributed by atoms with van der Waals surface area (Å²) in [5.41, 5.74) is 3.82. The smallest absolute Gasteiger partial charge is 0.280 e. The van der Waals surface area contributed by atoms with Crippen LogP contribution in [0.2, 0.25) is 10.0 Å². The number of amides is 1. The normalized spacial score (nSPS) is 12.6. The van der Waals surface area contributed by atoms with E-state index in [1.165, 1.54) is 6.07 Å². The van der Waals surface area contributed by atoms with Gasteiger partial charge in [-0.25, -0.2) is 5.43 Å². The molecule has 0 heterocycles. The molecule has 126 valence electrons. The molecule has 2 N–H and O–H groups in total. The summed E-state index contributed by atoms with van der Waals surface area (Å²) < 4.78 is 5.51. The third kappa shape index (κ3) is 4.88. The van der Waals surface area contributed by atoms with Crippen molar-refractivity contribution in [1.29, 1.82) is 0 Å². The van der Waals surface area contributed by atoms with Gasteiger partial charge in [0.2, 0.25) is 0 Å². The standard InChI is InChI=1S/C17H16Cl2N2O3/c1-10(12-3-6-14(22)7-4-12)20-21-17(23)11(2)24-16-8-5-13(18)9-15(16)19/h3-9,11,22H,1-2H3,(H,21,23)/b20-10+. The zero-order valence-corrected chi connectivity index (χ0v) is 14.6. The number of rotatable bonds is 5. The second-order valence-electron chi connectivity index (χ2n) is 5.05. The van der Waals surface area contributed by atoms with Gasteiger partial charge < -0.3 is 9.84 Å². The summed E-state index contributed by atoms with van der Waals surface area (Å²) in [5.74, 6) is 0.111. The summed E-state index contributed by atoms with van der Waals surface area (Å²) >= 11 is 11.8. The first-order chi connectivity index (χ1) is 11.4. The highest BCUT2D eigenvalue weighted by atomic mass is 35.5. The molecule has 1 amide bonds. The lowest BCUT2D eigenvalue weighted by atomic mass is 10.1. The molecule has 1 atom stereocenters. The molecule has 0 fully saturated rings. The maximum absolute atomic E-state index is 12.1. The lowest BCUT2D eigenvalue weighted by Gasteiger charge is -2.14. The van der Waals surface area contributed by atoms with Gasteiger partial charge in [0.15, 0.2) is 6.10 Å². The predicted molar refractivity (Wildman–Crippen MR) is 95.0 cm³/mol. The van der Waals surface area contributed by atoms with Gasteiger partial charge in [-0.15, -0.1) is 0 Å². The van der Waals surface area contributed by atoms with E-state index >= 15 is 0 Å². The largest absolute Gasteiger partial charge is 0.508 e. The van der Waals surface area contributed by atoms with Crippen molar-refractivity contribution in [2.75, 3.05) is 0 Å². The molecule has 0 saturated carbocycles. The SMILES string of the molecule is C/C(=N\NC(=O)C(C)Oc1ccc(Cl)cc1Cl)c1ccc(O)cc1. The Morgan fingerprint density at radius 2 is 1.88 bits per heavy atom. The lowest BCUT2D eigenvalue weighted by molar-refractivity contribution is -0.127. The number of phenolic OH excluding ortho intramolecular Hbond substituents is 1. The zero-order chi connectivity index (χ0) is 17.7. The molecule has 2 aromatic carbocycles. The van der Waals surface area contributed by atoms with Crippen LogP contribution in [-0.4, -0.2) is 22.8 Å². The van der Waals surface area contributed by atoms with E-state index in [1.807, 2.05) is 0 Å². The van der Waals surface area contributed by atoms with Crippen LogP contribution in [0, 0.1) is 0 Å². The molecule has 0 aliphatic heterocycles. The molecule has 0 aliphatic rings. The van der Waals surface area contributed by atoms with Gasteiger partial charge in [0.25, 0.3) is 5.91 Å². The van der Waals surface area contributed by atoms with Gasteiger partial charge in [-0.1, -0.05) is 23.2 Å². The summed E-state index contributed by atoms with van der Waals surface area (Å²) in [4.78, 5) is 12.1. The number of benzene rings is 2. The fourth-order valence-electron chi connectivity index (χ4n) is 1.81. The van der Waals surface area contributed by atoms with Gasteiger partial charge in [0.05, 0.1) is 10.7 Å². The third-order valence-corrected chi connectivity index (χ3v) is 3.72. The molecule has 24 heavy (non-hydrogen) atoms. The monoisotopic (exact) mass is 366 g/mol. The number of hydrogen-bond donors (Lipinski definition) is 2. The molecule has 0 spiro atoms. The molecular formula is C17H16Cl2N2O3. The molecule has 0 bridgehead atoms. The number of halogens is 2. The average Bonchev–Trinajstić information content (AvgIpc) is 2.55. The Morgan fingerprint density at radius 1 is 1.21 bits per heavy atom. The predicted octanol–water partition coefficient (Wildman–Crippen LogP) is 4.01. The summed E-state index contributed by atoms with van der Waals surface area (Å²) in [5, 5.41) is 14.1. The van der Waals surface area contributed by atoms with Crippen LogP contribution in [0.4, 0.5) is 0 Å². The van der Waals surface area contributed by atoms with Crippen LogP contribution in [0.1, 0.15) is 19.4 Å².